The van der Waals surface area contributed by atoms with Crippen molar-refractivity contribution < 1.29 is 5.11 Å². The zero-order valence-electron chi connectivity index (χ0n) is 8.46. The van der Waals surface area contributed by atoms with Crippen molar-refractivity contribution in [3.8, 4) is 0 Å². The fourth-order valence-corrected chi connectivity index (χ4v) is 1.69. The van der Waals surface area contributed by atoms with Gasteiger partial charge < -0.3 is 10.8 Å². The Morgan fingerprint density at radius 3 is 2.69 bits per heavy atom. The van der Waals surface area contributed by atoms with Gasteiger partial charge in [-0.1, -0.05) is 31.2 Å². The summed E-state index contributed by atoms with van der Waals surface area (Å²) in [5.41, 5.74) is 4.61. The van der Waals surface area contributed by atoms with Gasteiger partial charge in [-0.2, -0.15) is 0 Å². The van der Waals surface area contributed by atoms with E-state index in [1.54, 1.807) is 0 Å². The average molecular weight is 181 g/mol. The smallest absolute Gasteiger partial charge is 0.0722 e. The van der Waals surface area contributed by atoms with Crippen molar-refractivity contribution in [2.75, 3.05) is 6.54 Å². The summed E-state index contributed by atoms with van der Waals surface area (Å²) in [4.78, 5) is 0. The van der Waals surface area contributed by atoms with Crippen molar-refractivity contribution in [2.24, 2.45) is 11.1 Å². The van der Waals surface area contributed by atoms with E-state index in [1.165, 1.54) is 0 Å². The van der Waals surface area contributed by atoms with Crippen molar-refractivity contribution in [3.05, 3.63) is 24.3 Å². The number of nitrogens with two attached hydrogens (primary N) is 1. The van der Waals surface area contributed by atoms with Crippen LogP contribution in [0, 0.1) is 5.41 Å². The molecule has 1 rings (SSSR count). The van der Waals surface area contributed by atoms with Crippen molar-refractivity contribution in [2.45, 2.75) is 32.3 Å². The first kappa shape index (κ1) is 10.5. The van der Waals surface area contributed by atoms with E-state index in [0.29, 0.717) is 13.0 Å². The van der Waals surface area contributed by atoms with E-state index in [9.17, 15) is 5.11 Å². The van der Waals surface area contributed by atoms with Gasteiger partial charge in [-0.15, -0.1) is 0 Å². The second kappa shape index (κ2) is 3.64. The first-order chi connectivity index (χ1) is 6.02. The lowest BCUT2D eigenvalue weighted by Gasteiger charge is -2.41. The van der Waals surface area contributed by atoms with Crippen LogP contribution in [0.2, 0.25) is 0 Å². The van der Waals surface area contributed by atoms with E-state index < -0.39 is 5.60 Å². The molecule has 1 aliphatic rings. The quantitative estimate of drug-likeness (QED) is 0.695. The van der Waals surface area contributed by atoms with Crippen LogP contribution < -0.4 is 5.73 Å². The maximum Gasteiger partial charge on any atom is 0.0722 e. The Morgan fingerprint density at radius 2 is 2.23 bits per heavy atom. The van der Waals surface area contributed by atoms with Crippen molar-refractivity contribution in [1.29, 1.82) is 0 Å². The second-order valence-electron chi connectivity index (χ2n) is 4.22. The molecule has 3 N–H and O–H groups in total. The molecule has 0 spiro atoms. The lowest BCUT2D eigenvalue weighted by Crippen LogP contribution is -2.44. The molecule has 2 nitrogen and oxygen atoms in total. The Balaban J connectivity index is 2.79. The maximum absolute atomic E-state index is 10.2. The van der Waals surface area contributed by atoms with Crippen LogP contribution in [0.15, 0.2) is 24.3 Å². The van der Waals surface area contributed by atoms with Crippen LogP contribution in [0.4, 0.5) is 0 Å². The molecule has 1 aliphatic carbocycles. The van der Waals surface area contributed by atoms with Gasteiger partial charge >= 0.3 is 0 Å². The maximum atomic E-state index is 10.2. The number of hydrogen-bond acceptors (Lipinski definition) is 2. The molecule has 2 atom stereocenters. The van der Waals surface area contributed by atoms with Gasteiger partial charge in [-0.05, 0) is 26.3 Å². The molecule has 74 valence electrons. The Kier molecular flexibility index (Phi) is 2.94. The molecule has 0 saturated carbocycles. The Labute approximate surface area is 80.1 Å². The lowest BCUT2D eigenvalue weighted by molar-refractivity contribution is -0.0386. The van der Waals surface area contributed by atoms with Crippen LogP contribution in [-0.2, 0) is 0 Å². The molecule has 0 aliphatic heterocycles. The number of rotatable bonds is 3. The largest absolute Gasteiger partial charge is 0.389 e. The molecule has 0 radical (unpaired) electrons. The minimum absolute atomic E-state index is 0.166. The topological polar surface area (TPSA) is 46.2 Å². The first-order valence-electron chi connectivity index (χ1n) is 4.79. The zero-order chi connectivity index (χ0) is 9.95. The molecule has 0 amide bonds. The van der Waals surface area contributed by atoms with Crippen molar-refractivity contribution in [3.63, 3.8) is 0 Å². The third kappa shape index (κ3) is 2.01. The average Bonchev–Trinajstić information content (AvgIpc) is 2.05. The first-order valence-corrected chi connectivity index (χ1v) is 4.79. The number of allylic oxidation sites excluding steroid dienone is 3. The van der Waals surface area contributed by atoms with Gasteiger partial charge in [0.1, 0.15) is 0 Å². The van der Waals surface area contributed by atoms with Gasteiger partial charge in [0.15, 0.2) is 0 Å². The summed E-state index contributed by atoms with van der Waals surface area (Å²) in [6, 6.07) is 0. The molecule has 13 heavy (non-hydrogen) atoms. The standard InChI is InChI=1S/C11H19NO/c1-10(6-4-3-5-7-10)11(2,13)8-9-12/h3-6,13H,7-9,12H2,1-2H3. The van der Waals surface area contributed by atoms with E-state index in [4.69, 9.17) is 5.73 Å². The van der Waals surface area contributed by atoms with Gasteiger partial charge in [-0.25, -0.2) is 0 Å². The molecule has 0 aromatic heterocycles. The highest BCUT2D eigenvalue weighted by Gasteiger charge is 2.39. The summed E-state index contributed by atoms with van der Waals surface area (Å²) >= 11 is 0. The minimum Gasteiger partial charge on any atom is -0.389 e. The summed E-state index contributed by atoms with van der Waals surface area (Å²) in [5, 5.41) is 10.2. The Morgan fingerprint density at radius 1 is 1.54 bits per heavy atom. The molecule has 0 fully saturated rings. The molecular formula is C11H19NO. The third-order valence-corrected chi connectivity index (χ3v) is 3.11. The van der Waals surface area contributed by atoms with Gasteiger partial charge in [0, 0.05) is 5.41 Å². The van der Waals surface area contributed by atoms with Crippen LogP contribution in [0.25, 0.3) is 0 Å². The second-order valence-corrected chi connectivity index (χ2v) is 4.22. The highest BCUT2D eigenvalue weighted by Crippen LogP contribution is 2.40. The SMILES string of the molecule is CC(O)(CCN)C1(C)C=CC=CC1. The highest BCUT2D eigenvalue weighted by atomic mass is 16.3. The van der Waals surface area contributed by atoms with Crippen LogP contribution in [0.5, 0.6) is 0 Å². The molecule has 0 aromatic carbocycles. The molecule has 2 unspecified atom stereocenters. The van der Waals surface area contributed by atoms with E-state index in [-0.39, 0.29) is 5.41 Å². The van der Waals surface area contributed by atoms with E-state index in [0.717, 1.165) is 6.42 Å². The lowest BCUT2D eigenvalue weighted by atomic mass is 9.69. The number of hydrogen-bond donors (Lipinski definition) is 2. The summed E-state index contributed by atoms with van der Waals surface area (Å²) in [5.74, 6) is 0. The van der Waals surface area contributed by atoms with Crippen molar-refractivity contribution >= 4 is 0 Å². The zero-order valence-corrected chi connectivity index (χ0v) is 8.46. The van der Waals surface area contributed by atoms with Gasteiger partial charge in [-0.3, -0.25) is 0 Å². The van der Waals surface area contributed by atoms with Crippen molar-refractivity contribution in [1.82, 2.24) is 0 Å². The van der Waals surface area contributed by atoms with Gasteiger partial charge in [0.2, 0.25) is 0 Å². The van der Waals surface area contributed by atoms with Crippen LogP contribution in [0.1, 0.15) is 26.7 Å². The summed E-state index contributed by atoms with van der Waals surface area (Å²) in [7, 11) is 0. The number of aliphatic hydroxyl groups is 1. The predicted molar refractivity (Wildman–Crippen MR) is 55.3 cm³/mol. The summed E-state index contributed by atoms with van der Waals surface area (Å²) in [6.07, 6.45) is 9.70. The molecule has 0 heterocycles. The highest BCUT2D eigenvalue weighted by molar-refractivity contribution is 5.19. The minimum atomic E-state index is -0.705. The molecule has 0 bridgehead atoms. The van der Waals surface area contributed by atoms with E-state index in [1.807, 2.05) is 19.1 Å². The fourth-order valence-electron chi connectivity index (χ4n) is 1.69. The molecule has 2 heteroatoms. The predicted octanol–water partition coefficient (Wildman–Crippen LogP) is 1.61. The van der Waals surface area contributed by atoms with Crippen LogP contribution in [0.3, 0.4) is 0 Å². The van der Waals surface area contributed by atoms with Crippen LogP contribution in [-0.4, -0.2) is 17.3 Å². The summed E-state index contributed by atoms with van der Waals surface area (Å²) < 4.78 is 0. The normalized spacial score (nSPS) is 31.7. The molecular weight excluding hydrogens is 162 g/mol. The van der Waals surface area contributed by atoms with Crippen LogP contribution >= 0.6 is 0 Å². The Hall–Kier alpha value is -0.600. The monoisotopic (exact) mass is 181 g/mol. The van der Waals surface area contributed by atoms with Gasteiger partial charge in [0.25, 0.3) is 0 Å². The molecule has 0 saturated heterocycles. The third-order valence-electron chi connectivity index (χ3n) is 3.11. The Bertz CT molecular complexity index is 230. The van der Waals surface area contributed by atoms with Gasteiger partial charge in [0.05, 0.1) is 5.60 Å². The van der Waals surface area contributed by atoms with E-state index >= 15 is 0 Å². The fraction of sp³-hybridized carbons (Fsp3) is 0.636. The molecule has 0 aromatic rings. The summed E-state index contributed by atoms with van der Waals surface area (Å²) in [6.45, 7) is 4.46. The van der Waals surface area contributed by atoms with E-state index in [2.05, 4.69) is 19.1 Å².